The van der Waals surface area contributed by atoms with Crippen LogP contribution < -0.4 is 5.32 Å². The van der Waals surface area contributed by atoms with E-state index in [0.717, 1.165) is 5.39 Å². The number of hydrogen-bond acceptors (Lipinski definition) is 3. The number of rotatable bonds is 5. The Bertz CT molecular complexity index is 528. The maximum atomic E-state index is 12.2. The fraction of sp³-hybridized carbons (Fsp3) is 0.400. The van der Waals surface area contributed by atoms with Gasteiger partial charge >= 0.3 is 0 Å². The standard InChI is InChI=1S/C15H19NO3/c1-3-15(4-2,10-17)16-14(18)13-9-11-7-5-6-8-12(11)19-13/h5-9,17H,3-4,10H2,1-2H3,(H,16,18). The van der Waals surface area contributed by atoms with Crippen LogP contribution >= 0.6 is 0 Å². The van der Waals surface area contributed by atoms with E-state index in [1.54, 1.807) is 6.07 Å². The minimum atomic E-state index is -0.573. The van der Waals surface area contributed by atoms with E-state index in [-0.39, 0.29) is 18.3 Å². The molecule has 2 aromatic rings. The predicted octanol–water partition coefficient (Wildman–Crippen LogP) is 2.71. The summed E-state index contributed by atoms with van der Waals surface area (Å²) in [6.45, 7) is 3.81. The van der Waals surface area contributed by atoms with Gasteiger partial charge < -0.3 is 14.8 Å². The number of fused-ring (bicyclic) bond motifs is 1. The molecule has 0 radical (unpaired) electrons. The van der Waals surface area contributed by atoms with E-state index in [1.165, 1.54) is 0 Å². The molecule has 0 aliphatic rings. The van der Waals surface area contributed by atoms with E-state index in [1.807, 2.05) is 38.1 Å². The first-order chi connectivity index (χ1) is 9.14. The third-order valence-electron chi connectivity index (χ3n) is 3.68. The van der Waals surface area contributed by atoms with Gasteiger partial charge in [-0.3, -0.25) is 4.79 Å². The van der Waals surface area contributed by atoms with E-state index in [4.69, 9.17) is 4.42 Å². The maximum Gasteiger partial charge on any atom is 0.287 e. The van der Waals surface area contributed by atoms with Crippen LogP contribution in [-0.4, -0.2) is 23.2 Å². The summed E-state index contributed by atoms with van der Waals surface area (Å²) in [5.41, 5.74) is 0.117. The third-order valence-corrected chi connectivity index (χ3v) is 3.68. The average Bonchev–Trinajstić information content (AvgIpc) is 2.89. The van der Waals surface area contributed by atoms with Crippen molar-refractivity contribution in [2.75, 3.05) is 6.61 Å². The monoisotopic (exact) mass is 261 g/mol. The molecule has 2 rings (SSSR count). The lowest BCUT2D eigenvalue weighted by atomic mass is 9.94. The van der Waals surface area contributed by atoms with E-state index in [9.17, 15) is 9.90 Å². The number of nitrogens with one attached hydrogen (secondary N) is 1. The van der Waals surface area contributed by atoms with E-state index in [2.05, 4.69) is 5.32 Å². The highest BCUT2D eigenvalue weighted by Crippen LogP contribution is 2.20. The van der Waals surface area contributed by atoms with Crippen LogP contribution in [0.2, 0.25) is 0 Å². The van der Waals surface area contributed by atoms with Gasteiger partial charge in [0.25, 0.3) is 5.91 Å². The molecule has 19 heavy (non-hydrogen) atoms. The Balaban J connectivity index is 2.24. The van der Waals surface area contributed by atoms with Crippen molar-refractivity contribution < 1.29 is 14.3 Å². The largest absolute Gasteiger partial charge is 0.451 e. The summed E-state index contributed by atoms with van der Waals surface area (Å²) in [5.74, 6) is -0.00475. The van der Waals surface area contributed by atoms with Crippen molar-refractivity contribution in [1.82, 2.24) is 5.32 Å². The molecule has 4 heteroatoms. The first-order valence-corrected chi connectivity index (χ1v) is 6.56. The lowest BCUT2D eigenvalue weighted by Crippen LogP contribution is -2.50. The van der Waals surface area contributed by atoms with Gasteiger partial charge in [0.1, 0.15) is 5.58 Å². The van der Waals surface area contributed by atoms with Gasteiger partial charge in [0.05, 0.1) is 12.1 Å². The molecule has 0 fully saturated rings. The molecule has 1 amide bonds. The highest BCUT2D eigenvalue weighted by atomic mass is 16.3. The predicted molar refractivity (Wildman–Crippen MR) is 74.1 cm³/mol. The molecule has 2 N–H and O–H groups in total. The zero-order valence-corrected chi connectivity index (χ0v) is 11.3. The summed E-state index contributed by atoms with van der Waals surface area (Å²) in [6, 6.07) is 9.21. The highest BCUT2D eigenvalue weighted by molar-refractivity contribution is 5.96. The number of amides is 1. The Morgan fingerprint density at radius 1 is 1.32 bits per heavy atom. The van der Waals surface area contributed by atoms with Crippen molar-refractivity contribution in [3.63, 3.8) is 0 Å². The number of carbonyl (C=O) groups is 1. The Hall–Kier alpha value is -1.81. The number of benzene rings is 1. The molecule has 0 aliphatic heterocycles. The van der Waals surface area contributed by atoms with Gasteiger partial charge in [-0.2, -0.15) is 0 Å². The van der Waals surface area contributed by atoms with Crippen molar-refractivity contribution >= 4 is 16.9 Å². The Morgan fingerprint density at radius 3 is 2.58 bits per heavy atom. The number of furan rings is 1. The van der Waals surface area contributed by atoms with Gasteiger partial charge in [-0.05, 0) is 25.0 Å². The number of aliphatic hydroxyl groups excluding tert-OH is 1. The van der Waals surface area contributed by atoms with Crippen molar-refractivity contribution in [2.24, 2.45) is 0 Å². The molecule has 0 atom stereocenters. The molecule has 1 aromatic heterocycles. The second-order valence-electron chi connectivity index (χ2n) is 4.75. The summed E-state index contributed by atoms with van der Waals surface area (Å²) in [7, 11) is 0. The summed E-state index contributed by atoms with van der Waals surface area (Å²) >= 11 is 0. The van der Waals surface area contributed by atoms with E-state index in [0.29, 0.717) is 18.4 Å². The number of carbonyl (C=O) groups excluding carboxylic acids is 1. The summed E-state index contributed by atoms with van der Waals surface area (Å²) < 4.78 is 5.52. The minimum Gasteiger partial charge on any atom is -0.451 e. The fourth-order valence-corrected chi connectivity index (χ4v) is 2.09. The molecule has 1 heterocycles. The summed E-state index contributed by atoms with van der Waals surface area (Å²) in [6.07, 6.45) is 1.35. The van der Waals surface area contributed by atoms with Crippen LogP contribution in [0.1, 0.15) is 37.2 Å². The summed E-state index contributed by atoms with van der Waals surface area (Å²) in [4.78, 5) is 12.2. The molecule has 0 spiro atoms. The van der Waals surface area contributed by atoms with Crippen LogP contribution in [-0.2, 0) is 0 Å². The molecular formula is C15H19NO3. The van der Waals surface area contributed by atoms with Crippen molar-refractivity contribution in [2.45, 2.75) is 32.2 Å². The maximum absolute atomic E-state index is 12.2. The van der Waals surface area contributed by atoms with Crippen LogP contribution in [0, 0.1) is 0 Å². The van der Waals surface area contributed by atoms with Gasteiger partial charge in [-0.25, -0.2) is 0 Å². The lowest BCUT2D eigenvalue weighted by molar-refractivity contribution is 0.0792. The molecule has 0 bridgehead atoms. The van der Waals surface area contributed by atoms with Crippen molar-refractivity contribution in [3.05, 3.63) is 36.1 Å². The lowest BCUT2D eigenvalue weighted by Gasteiger charge is -2.30. The molecule has 102 valence electrons. The Labute approximate surface area is 112 Å². The van der Waals surface area contributed by atoms with Gasteiger partial charge in [0.2, 0.25) is 0 Å². The SMILES string of the molecule is CCC(CC)(CO)NC(=O)c1cc2ccccc2o1. The van der Waals surface area contributed by atoms with E-state index < -0.39 is 5.54 Å². The highest BCUT2D eigenvalue weighted by Gasteiger charge is 2.28. The normalized spacial score (nSPS) is 11.7. The molecule has 1 aromatic carbocycles. The third kappa shape index (κ3) is 2.63. The summed E-state index contributed by atoms with van der Waals surface area (Å²) in [5, 5.41) is 13.2. The fourth-order valence-electron chi connectivity index (χ4n) is 2.09. The first kappa shape index (κ1) is 13.6. The zero-order valence-electron chi connectivity index (χ0n) is 11.3. The second-order valence-corrected chi connectivity index (χ2v) is 4.75. The van der Waals surface area contributed by atoms with Crippen LogP contribution in [0.5, 0.6) is 0 Å². The molecule has 0 saturated carbocycles. The molecule has 0 saturated heterocycles. The molecular weight excluding hydrogens is 242 g/mol. The minimum absolute atomic E-state index is 0.0774. The van der Waals surface area contributed by atoms with Gasteiger partial charge in [0, 0.05) is 5.39 Å². The Kier molecular flexibility index (Phi) is 3.90. The molecule has 0 unspecified atom stereocenters. The average molecular weight is 261 g/mol. The molecule has 4 nitrogen and oxygen atoms in total. The van der Waals surface area contributed by atoms with Gasteiger partial charge in [0.15, 0.2) is 5.76 Å². The van der Waals surface area contributed by atoms with Crippen LogP contribution in [0.3, 0.4) is 0 Å². The zero-order chi connectivity index (χ0) is 13.9. The van der Waals surface area contributed by atoms with Gasteiger partial charge in [-0.1, -0.05) is 32.0 Å². The number of aliphatic hydroxyl groups is 1. The van der Waals surface area contributed by atoms with Crippen LogP contribution in [0.4, 0.5) is 0 Å². The van der Waals surface area contributed by atoms with Crippen LogP contribution in [0.25, 0.3) is 11.0 Å². The quantitative estimate of drug-likeness (QED) is 0.869. The van der Waals surface area contributed by atoms with Crippen molar-refractivity contribution in [1.29, 1.82) is 0 Å². The van der Waals surface area contributed by atoms with E-state index >= 15 is 0 Å². The smallest absolute Gasteiger partial charge is 0.287 e. The van der Waals surface area contributed by atoms with Gasteiger partial charge in [-0.15, -0.1) is 0 Å². The number of hydrogen-bond donors (Lipinski definition) is 2. The molecule has 0 aliphatic carbocycles. The second kappa shape index (κ2) is 5.45. The van der Waals surface area contributed by atoms with Crippen molar-refractivity contribution in [3.8, 4) is 0 Å². The Morgan fingerprint density at radius 2 is 2.00 bits per heavy atom. The first-order valence-electron chi connectivity index (χ1n) is 6.56. The van der Waals surface area contributed by atoms with Crippen LogP contribution in [0.15, 0.2) is 34.7 Å². The number of para-hydroxylation sites is 1. The topological polar surface area (TPSA) is 62.5 Å².